The van der Waals surface area contributed by atoms with Gasteiger partial charge in [-0.1, -0.05) is 52.6 Å². The van der Waals surface area contributed by atoms with Crippen LogP contribution in [-0.2, 0) is 0 Å². The molecule has 0 saturated heterocycles. The van der Waals surface area contributed by atoms with E-state index in [-0.39, 0.29) is 11.9 Å². The molecule has 3 aromatic carbocycles. The van der Waals surface area contributed by atoms with Gasteiger partial charge in [-0.25, -0.2) is 9.18 Å². The summed E-state index contributed by atoms with van der Waals surface area (Å²) in [5.41, 5.74) is 2.92. The van der Waals surface area contributed by atoms with Crippen molar-refractivity contribution in [1.29, 1.82) is 0 Å². The standard InChI is InChI=1S/C25H17Cl2FN4O2/c1-14-21(24-30-23(31-34-24)16-5-2-6-18(27)12-16)22(15-4-3-7-19(28)13-15)29-25(33)32(14)20-10-8-17(26)9-11-20/h2-13,22H,1H3,(H,29,33). The molecule has 1 N–H and O–H groups in total. The molecule has 34 heavy (non-hydrogen) atoms. The van der Waals surface area contributed by atoms with Crippen LogP contribution < -0.4 is 10.2 Å². The van der Waals surface area contributed by atoms with Crippen LogP contribution in [-0.4, -0.2) is 16.2 Å². The Morgan fingerprint density at radius 2 is 1.76 bits per heavy atom. The van der Waals surface area contributed by atoms with Gasteiger partial charge in [0, 0.05) is 21.3 Å². The molecule has 2 heterocycles. The monoisotopic (exact) mass is 494 g/mol. The van der Waals surface area contributed by atoms with Crippen LogP contribution in [0.25, 0.3) is 17.0 Å². The lowest BCUT2D eigenvalue weighted by molar-refractivity contribution is 0.244. The van der Waals surface area contributed by atoms with Crippen LogP contribution in [0.4, 0.5) is 14.9 Å². The number of hydrogen-bond donors (Lipinski definition) is 1. The van der Waals surface area contributed by atoms with Crippen LogP contribution in [0.15, 0.2) is 83.0 Å². The quantitative estimate of drug-likeness (QED) is 0.335. The van der Waals surface area contributed by atoms with Gasteiger partial charge in [-0.3, -0.25) is 4.90 Å². The van der Waals surface area contributed by atoms with E-state index in [0.29, 0.717) is 44.0 Å². The normalized spacial score (nSPS) is 16.1. The fourth-order valence-corrected chi connectivity index (χ4v) is 4.25. The number of allylic oxidation sites excluding steroid dienone is 1. The van der Waals surface area contributed by atoms with Gasteiger partial charge in [-0.05, 0) is 61.0 Å². The van der Waals surface area contributed by atoms with Crippen molar-refractivity contribution >= 4 is 40.5 Å². The molecule has 1 aliphatic heterocycles. The van der Waals surface area contributed by atoms with Gasteiger partial charge >= 0.3 is 6.03 Å². The number of amides is 2. The van der Waals surface area contributed by atoms with E-state index in [4.69, 9.17) is 27.7 Å². The van der Waals surface area contributed by atoms with Crippen molar-refractivity contribution in [2.24, 2.45) is 0 Å². The second-order valence-corrected chi connectivity index (χ2v) is 8.55. The van der Waals surface area contributed by atoms with Crippen molar-refractivity contribution in [2.45, 2.75) is 13.0 Å². The molecule has 9 heteroatoms. The summed E-state index contributed by atoms with van der Waals surface area (Å²) in [6, 6.07) is 18.9. The fourth-order valence-electron chi connectivity index (χ4n) is 3.93. The molecule has 0 fully saturated rings. The fraction of sp³-hybridized carbons (Fsp3) is 0.0800. The van der Waals surface area contributed by atoms with E-state index >= 15 is 0 Å². The minimum Gasteiger partial charge on any atom is -0.334 e. The summed E-state index contributed by atoms with van der Waals surface area (Å²) in [5, 5.41) is 8.13. The topological polar surface area (TPSA) is 71.3 Å². The molecular weight excluding hydrogens is 478 g/mol. The highest BCUT2D eigenvalue weighted by Crippen LogP contribution is 2.39. The van der Waals surface area contributed by atoms with Gasteiger partial charge in [0.05, 0.1) is 17.3 Å². The molecule has 0 aliphatic carbocycles. The molecule has 1 aliphatic rings. The lowest BCUT2D eigenvalue weighted by Gasteiger charge is -2.35. The Bertz CT molecular complexity index is 1420. The van der Waals surface area contributed by atoms with Crippen LogP contribution >= 0.6 is 23.2 Å². The van der Waals surface area contributed by atoms with Gasteiger partial charge in [0.2, 0.25) is 5.82 Å². The molecule has 5 rings (SSSR count). The summed E-state index contributed by atoms with van der Waals surface area (Å²) in [4.78, 5) is 19.2. The maximum atomic E-state index is 14.1. The van der Waals surface area contributed by atoms with Crippen molar-refractivity contribution in [3.63, 3.8) is 0 Å². The molecule has 0 bridgehead atoms. The van der Waals surface area contributed by atoms with Crippen molar-refractivity contribution in [3.8, 4) is 11.4 Å². The average Bonchev–Trinajstić information content (AvgIpc) is 3.30. The van der Waals surface area contributed by atoms with Gasteiger partial charge in [-0.15, -0.1) is 0 Å². The lowest BCUT2D eigenvalue weighted by Crippen LogP contribution is -2.46. The first-order chi connectivity index (χ1) is 16.4. The molecule has 1 atom stereocenters. The van der Waals surface area contributed by atoms with Crippen molar-refractivity contribution < 1.29 is 13.7 Å². The summed E-state index contributed by atoms with van der Waals surface area (Å²) in [6.45, 7) is 1.78. The minimum atomic E-state index is -0.709. The maximum Gasteiger partial charge on any atom is 0.326 e. The van der Waals surface area contributed by atoms with Crippen LogP contribution in [0.5, 0.6) is 0 Å². The van der Waals surface area contributed by atoms with Crippen LogP contribution in [0.3, 0.4) is 0 Å². The number of halogens is 3. The zero-order chi connectivity index (χ0) is 23.8. The predicted molar refractivity (Wildman–Crippen MR) is 129 cm³/mol. The van der Waals surface area contributed by atoms with Crippen LogP contribution in [0.1, 0.15) is 24.4 Å². The number of benzene rings is 3. The number of carbonyl (C=O) groups excluding carboxylic acids is 1. The third kappa shape index (κ3) is 4.16. The molecule has 0 radical (unpaired) electrons. The molecule has 4 aromatic rings. The highest BCUT2D eigenvalue weighted by atomic mass is 35.5. The van der Waals surface area contributed by atoms with Gasteiger partial charge in [0.15, 0.2) is 0 Å². The van der Waals surface area contributed by atoms with Crippen LogP contribution in [0, 0.1) is 5.82 Å². The van der Waals surface area contributed by atoms with Gasteiger partial charge in [0.1, 0.15) is 5.82 Å². The van der Waals surface area contributed by atoms with Crippen molar-refractivity contribution in [1.82, 2.24) is 15.5 Å². The first-order valence-corrected chi connectivity index (χ1v) is 11.1. The Labute approximate surface area is 204 Å². The third-order valence-corrected chi connectivity index (χ3v) is 5.98. The van der Waals surface area contributed by atoms with E-state index in [1.54, 1.807) is 61.5 Å². The summed E-state index contributed by atoms with van der Waals surface area (Å²) in [6.07, 6.45) is 0. The van der Waals surface area contributed by atoms with Crippen molar-refractivity contribution in [3.05, 3.63) is 106 Å². The van der Waals surface area contributed by atoms with E-state index in [1.807, 2.05) is 6.07 Å². The number of urea groups is 1. The minimum absolute atomic E-state index is 0.195. The Morgan fingerprint density at radius 1 is 1.00 bits per heavy atom. The summed E-state index contributed by atoms with van der Waals surface area (Å²) in [5.74, 6) is 0.112. The first kappa shape index (κ1) is 22.1. The number of anilines is 1. The molecule has 1 unspecified atom stereocenters. The zero-order valence-corrected chi connectivity index (χ0v) is 19.3. The number of aromatic nitrogens is 2. The number of carbonyl (C=O) groups is 1. The Kier molecular flexibility index (Phi) is 5.81. The smallest absolute Gasteiger partial charge is 0.326 e. The Balaban J connectivity index is 1.66. The SMILES string of the molecule is CC1=C(c2nc(-c3cccc(Cl)c3)no2)C(c2cccc(F)c2)NC(=O)N1c1ccc(Cl)cc1. The average molecular weight is 495 g/mol. The molecule has 170 valence electrons. The first-order valence-electron chi connectivity index (χ1n) is 10.3. The van der Waals surface area contributed by atoms with Gasteiger partial charge in [0.25, 0.3) is 5.89 Å². The van der Waals surface area contributed by atoms with E-state index in [0.717, 1.165) is 0 Å². The van der Waals surface area contributed by atoms with Crippen LogP contribution in [0.2, 0.25) is 10.0 Å². The lowest BCUT2D eigenvalue weighted by atomic mass is 9.94. The molecule has 1 aromatic heterocycles. The Hall–Kier alpha value is -3.68. The van der Waals surface area contributed by atoms with E-state index in [9.17, 15) is 9.18 Å². The predicted octanol–water partition coefficient (Wildman–Crippen LogP) is 6.88. The van der Waals surface area contributed by atoms with Gasteiger partial charge < -0.3 is 9.84 Å². The number of rotatable bonds is 4. The van der Waals surface area contributed by atoms with E-state index in [2.05, 4.69) is 15.5 Å². The van der Waals surface area contributed by atoms with E-state index < -0.39 is 11.9 Å². The third-order valence-electron chi connectivity index (χ3n) is 5.49. The number of nitrogens with zero attached hydrogens (tertiary/aromatic N) is 3. The van der Waals surface area contributed by atoms with E-state index in [1.165, 1.54) is 17.0 Å². The van der Waals surface area contributed by atoms with Gasteiger partial charge in [-0.2, -0.15) is 4.98 Å². The molecular formula is C25H17Cl2FN4O2. The molecule has 0 saturated carbocycles. The molecule has 6 nitrogen and oxygen atoms in total. The second kappa shape index (κ2) is 8.93. The highest BCUT2D eigenvalue weighted by molar-refractivity contribution is 6.31. The Morgan fingerprint density at radius 3 is 2.50 bits per heavy atom. The summed E-state index contributed by atoms with van der Waals surface area (Å²) < 4.78 is 19.7. The second-order valence-electron chi connectivity index (χ2n) is 7.68. The maximum absolute atomic E-state index is 14.1. The number of nitrogens with one attached hydrogen (secondary N) is 1. The highest BCUT2D eigenvalue weighted by Gasteiger charge is 2.36. The number of hydrogen-bond acceptors (Lipinski definition) is 4. The molecule has 0 spiro atoms. The zero-order valence-electron chi connectivity index (χ0n) is 17.8. The summed E-state index contributed by atoms with van der Waals surface area (Å²) in [7, 11) is 0. The largest absolute Gasteiger partial charge is 0.334 e. The summed E-state index contributed by atoms with van der Waals surface area (Å²) >= 11 is 12.1. The van der Waals surface area contributed by atoms with Crippen molar-refractivity contribution in [2.75, 3.05) is 4.90 Å². The molecule has 2 amide bonds.